The molecule has 4 heterocycles. The first-order valence-electron chi connectivity index (χ1n) is 16.1. The Morgan fingerprint density at radius 1 is 1.00 bits per heavy atom. The predicted molar refractivity (Wildman–Crippen MR) is 163 cm³/mol. The Kier molecular flexibility index (Phi) is 10.2. The number of nitrogens with zero attached hydrogens (tertiary/aromatic N) is 2. The van der Waals surface area contributed by atoms with E-state index in [1.165, 1.54) is 0 Å². The zero-order chi connectivity index (χ0) is 31.3. The molecule has 4 aliphatic heterocycles. The highest BCUT2D eigenvalue weighted by Gasteiger charge is 2.73. The van der Waals surface area contributed by atoms with Crippen LogP contribution in [0.15, 0.2) is 54.6 Å². The molecule has 0 saturated carbocycles. The number of fused-ring (bicyclic) bond motifs is 2. The van der Waals surface area contributed by atoms with Crippen LogP contribution in [0.1, 0.15) is 70.5 Å². The highest BCUT2D eigenvalue weighted by molar-refractivity contribution is 5.99. The Balaban J connectivity index is 1.54. The number of allylic oxidation sites excluding steroid dienone is 1. The van der Waals surface area contributed by atoms with Crippen LogP contribution in [0, 0.1) is 11.8 Å². The van der Waals surface area contributed by atoms with Crippen molar-refractivity contribution >= 4 is 23.7 Å². The van der Waals surface area contributed by atoms with Crippen LogP contribution in [0.4, 0.5) is 0 Å². The summed E-state index contributed by atoms with van der Waals surface area (Å²) in [6, 6.07) is 7.77. The van der Waals surface area contributed by atoms with E-state index in [1.54, 1.807) is 22.8 Å². The topological polar surface area (TPSA) is 125 Å². The van der Waals surface area contributed by atoms with Gasteiger partial charge in [0.05, 0.1) is 18.1 Å². The second-order valence-electron chi connectivity index (χ2n) is 12.3. The van der Waals surface area contributed by atoms with Crippen LogP contribution in [0.25, 0.3) is 0 Å². The number of nitrogens with one attached hydrogen (secondary N) is 1. The Hall–Kier alpha value is -3.50. The number of cyclic esters (lactones) is 1. The Morgan fingerprint density at radius 2 is 1.77 bits per heavy atom. The number of esters is 1. The molecule has 10 heteroatoms. The summed E-state index contributed by atoms with van der Waals surface area (Å²) in [6.45, 7) is 5.01. The third kappa shape index (κ3) is 6.19. The van der Waals surface area contributed by atoms with E-state index in [2.05, 4.69) is 12.2 Å². The maximum absolute atomic E-state index is 14.5. The minimum atomic E-state index is -1.29. The van der Waals surface area contributed by atoms with Crippen molar-refractivity contribution in [2.24, 2.45) is 11.8 Å². The van der Waals surface area contributed by atoms with Crippen molar-refractivity contribution in [2.75, 3.05) is 26.2 Å². The van der Waals surface area contributed by atoms with Crippen molar-refractivity contribution in [1.29, 1.82) is 0 Å². The number of amides is 3. The molecule has 1 aromatic carbocycles. The van der Waals surface area contributed by atoms with Crippen LogP contribution in [-0.4, -0.2) is 88.6 Å². The molecule has 0 aliphatic carbocycles. The van der Waals surface area contributed by atoms with E-state index in [0.717, 1.165) is 24.8 Å². The fraction of sp³-hybridized carbons (Fsp3) is 0.588. The molecule has 238 valence electrons. The van der Waals surface area contributed by atoms with Gasteiger partial charge in [-0.3, -0.25) is 19.2 Å². The van der Waals surface area contributed by atoms with Crippen LogP contribution >= 0.6 is 0 Å². The third-order valence-electron chi connectivity index (χ3n) is 9.27. The van der Waals surface area contributed by atoms with Crippen LogP contribution in [-0.2, 0) is 28.7 Å². The SMILES string of the molecule is CCCCCN1C/C=C\CCC(=O)N[C@@H](C)[C@H](c2ccccc2)OC(=O)[C@@H]2[C@H]3C(=O)N(CCCCO)[C@H](C1=O)[C@]31C=C[C@H]2O1. The smallest absolute Gasteiger partial charge is 0.313 e. The van der Waals surface area contributed by atoms with E-state index in [-0.39, 0.29) is 37.3 Å². The summed E-state index contributed by atoms with van der Waals surface area (Å²) in [5, 5.41) is 12.4. The maximum atomic E-state index is 14.5. The summed E-state index contributed by atoms with van der Waals surface area (Å²) >= 11 is 0. The van der Waals surface area contributed by atoms with Gasteiger partial charge in [-0.1, -0.05) is 74.4 Å². The normalized spacial score (nSPS) is 33.0. The molecule has 5 bridgehead atoms. The van der Waals surface area contributed by atoms with Gasteiger partial charge in [-0.15, -0.1) is 0 Å². The van der Waals surface area contributed by atoms with Gasteiger partial charge in [0, 0.05) is 32.7 Å². The number of benzene rings is 1. The molecule has 0 radical (unpaired) electrons. The zero-order valence-corrected chi connectivity index (χ0v) is 25.7. The standard InChI is InChI=1S/C34H45N3O7/c1-3-4-10-19-36-20-11-6-9-16-26(39)35-23(2)29(24-14-7-5-8-15-24)43-33(42)27-25-17-18-34(44-25)28(27)31(40)37(21-12-13-22-38)30(34)32(36)41/h5-8,11,14-15,17-18,23,25,27-30,38H,3-4,9-10,12-13,16,19-22H2,1-2H3,(H,35,39)/b11-6-/t23-,25+,27-,28-,29+,30+,34-/m0/s1. The first kappa shape index (κ1) is 31.9. The highest BCUT2D eigenvalue weighted by atomic mass is 16.6. The lowest BCUT2D eigenvalue weighted by Crippen LogP contribution is -2.56. The molecule has 2 N–H and O–H groups in total. The number of unbranched alkanes of at least 4 members (excludes halogenated alkanes) is 3. The van der Waals surface area contributed by atoms with Gasteiger partial charge >= 0.3 is 5.97 Å². The minimum absolute atomic E-state index is 0.0216. The Bertz CT molecular complexity index is 1270. The number of ether oxygens (including phenoxy) is 2. The number of hydrogen-bond donors (Lipinski definition) is 2. The molecule has 0 aromatic heterocycles. The lowest BCUT2D eigenvalue weighted by molar-refractivity contribution is -0.161. The number of carbonyl (C=O) groups is 4. The fourth-order valence-electron chi connectivity index (χ4n) is 7.11. The van der Waals surface area contributed by atoms with E-state index in [1.807, 2.05) is 48.6 Å². The van der Waals surface area contributed by atoms with Gasteiger partial charge in [0.25, 0.3) is 0 Å². The van der Waals surface area contributed by atoms with Crippen LogP contribution in [0.5, 0.6) is 0 Å². The van der Waals surface area contributed by atoms with Crippen molar-refractivity contribution in [3.05, 3.63) is 60.2 Å². The minimum Gasteiger partial charge on any atom is -0.455 e. The van der Waals surface area contributed by atoms with Crippen molar-refractivity contribution < 1.29 is 33.8 Å². The third-order valence-corrected chi connectivity index (χ3v) is 9.27. The number of aliphatic hydroxyl groups excluding tert-OH is 1. The summed E-state index contributed by atoms with van der Waals surface area (Å²) in [5.41, 5.74) is -0.565. The molecule has 2 saturated heterocycles. The van der Waals surface area contributed by atoms with Crippen molar-refractivity contribution in [3.63, 3.8) is 0 Å². The number of rotatable bonds is 9. The molecule has 0 unspecified atom stereocenters. The van der Waals surface area contributed by atoms with Gasteiger partial charge < -0.3 is 29.7 Å². The summed E-state index contributed by atoms with van der Waals surface area (Å²) in [6.07, 6.45) is 10.4. The van der Waals surface area contributed by atoms with Gasteiger partial charge in [-0.25, -0.2) is 0 Å². The fourth-order valence-corrected chi connectivity index (χ4v) is 7.11. The molecular weight excluding hydrogens is 562 g/mol. The number of likely N-dealkylation sites (tertiary alicyclic amines) is 1. The zero-order valence-electron chi connectivity index (χ0n) is 25.7. The Labute approximate surface area is 259 Å². The summed E-state index contributed by atoms with van der Waals surface area (Å²) in [5.74, 6) is -3.15. The molecule has 10 nitrogen and oxygen atoms in total. The number of carbonyl (C=O) groups excluding carboxylic acids is 4. The van der Waals surface area contributed by atoms with Gasteiger partial charge in [-0.05, 0) is 38.2 Å². The predicted octanol–water partition coefficient (Wildman–Crippen LogP) is 3.07. The molecule has 44 heavy (non-hydrogen) atoms. The van der Waals surface area contributed by atoms with Gasteiger partial charge in [0.2, 0.25) is 17.7 Å². The summed E-state index contributed by atoms with van der Waals surface area (Å²) in [4.78, 5) is 59.0. The van der Waals surface area contributed by atoms with Gasteiger partial charge in [0.15, 0.2) is 0 Å². The molecular formula is C34H45N3O7. The average Bonchev–Trinajstić information content (AvgIpc) is 3.66. The first-order chi connectivity index (χ1) is 21.3. The number of aliphatic hydroxyl groups is 1. The van der Waals surface area contributed by atoms with Crippen molar-refractivity contribution in [1.82, 2.24) is 15.1 Å². The van der Waals surface area contributed by atoms with Crippen LogP contribution in [0.2, 0.25) is 0 Å². The largest absolute Gasteiger partial charge is 0.455 e. The number of hydrogen-bond acceptors (Lipinski definition) is 7. The van der Waals surface area contributed by atoms with E-state index in [0.29, 0.717) is 32.4 Å². The maximum Gasteiger partial charge on any atom is 0.313 e. The first-order valence-corrected chi connectivity index (χ1v) is 16.1. The molecule has 1 spiro atoms. The summed E-state index contributed by atoms with van der Waals surface area (Å²) < 4.78 is 12.7. The second kappa shape index (κ2) is 14.1. The molecule has 4 aliphatic rings. The second-order valence-corrected chi connectivity index (χ2v) is 12.3. The molecule has 7 atom stereocenters. The van der Waals surface area contributed by atoms with Crippen molar-refractivity contribution in [2.45, 2.75) is 88.7 Å². The monoisotopic (exact) mass is 607 g/mol. The van der Waals surface area contributed by atoms with Crippen LogP contribution < -0.4 is 5.32 Å². The van der Waals surface area contributed by atoms with E-state index in [9.17, 15) is 24.3 Å². The van der Waals surface area contributed by atoms with Crippen LogP contribution in [0.3, 0.4) is 0 Å². The quantitative estimate of drug-likeness (QED) is 0.251. The van der Waals surface area contributed by atoms with Crippen molar-refractivity contribution in [3.8, 4) is 0 Å². The summed E-state index contributed by atoms with van der Waals surface area (Å²) in [7, 11) is 0. The van der Waals surface area contributed by atoms with Gasteiger partial charge in [0.1, 0.15) is 23.7 Å². The molecule has 3 amide bonds. The van der Waals surface area contributed by atoms with E-state index in [4.69, 9.17) is 9.47 Å². The lowest BCUT2D eigenvalue weighted by atomic mass is 9.74. The molecule has 5 rings (SSSR count). The lowest BCUT2D eigenvalue weighted by Gasteiger charge is -2.36. The Morgan fingerprint density at radius 3 is 2.52 bits per heavy atom. The van der Waals surface area contributed by atoms with E-state index >= 15 is 0 Å². The molecule has 1 aromatic rings. The van der Waals surface area contributed by atoms with E-state index < -0.39 is 47.7 Å². The highest BCUT2D eigenvalue weighted by Crippen LogP contribution is 2.56. The molecule has 2 fully saturated rings. The average molecular weight is 608 g/mol. The van der Waals surface area contributed by atoms with Gasteiger partial charge in [-0.2, -0.15) is 0 Å².